The van der Waals surface area contributed by atoms with Gasteiger partial charge >= 0.3 is 0 Å². The van der Waals surface area contributed by atoms with Gasteiger partial charge in [0.1, 0.15) is 5.82 Å². The highest BCUT2D eigenvalue weighted by Gasteiger charge is 2.30. The lowest BCUT2D eigenvalue weighted by Crippen LogP contribution is -2.42. The Balaban J connectivity index is 1.37. The van der Waals surface area contributed by atoms with Crippen molar-refractivity contribution in [3.05, 3.63) is 42.1 Å². The molecule has 2 aliphatic rings. The smallest absolute Gasteiger partial charge is 0.227 e. The van der Waals surface area contributed by atoms with E-state index in [1.165, 1.54) is 5.56 Å². The molecule has 142 valence electrons. The maximum atomic E-state index is 12.6. The van der Waals surface area contributed by atoms with Gasteiger partial charge in [0, 0.05) is 44.0 Å². The van der Waals surface area contributed by atoms with E-state index in [1.807, 2.05) is 23.1 Å². The molecule has 0 unspecified atom stereocenters. The summed E-state index contributed by atoms with van der Waals surface area (Å²) in [5.41, 5.74) is 2.25. The first-order valence-corrected chi connectivity index (χ1v) is 9.89. The number of amides is 1. The van der Waals surface area contributed by atoms with E-state index < -0.39 is 0 Å². The topological polar surface area (TPSA) is 61.4 Å². The normalized spacial score (nSPS) is 18.0. The number of carbonyl (C=O) groups excluding carboxylic acids is 1. The summed E-state index contributed by atoms with van der Waals surface area (Å²) >= 11 is 0. The van der Waals surface area contributed by atoms with E-state index in [0.29, 0.717) is 5.91 Å². The number of hydrogen-bond donors (Lipinski definition) is 1. The fourth-order valence-electron chi connectivity index (χ4n) is 3.88. The number of piperidine rings is 1. The van der Waals surface area contributed by atoms with Crippen molar-refractivity contribution in [1.29, 1.82) is 0 Å². The minimum absolute atomic E-state index is 0.160. The molecule has 1 aromatic heterocycles. The van der Waals surface area contributed by atoms with Crippen LogP contribution in [0.25, 0.3) is 0 Å². The Kier molecular flexibility index (Phi) is 5.23. The van der Waals surface area contributed by atoms with Gasteiger partial charge in [-0.2, -0.15) is 4.98 Å². The van der Waals surface area contributed by atoms with Crippen LogP contribution in [0.15, 0.2) is 36.5 Å². The molecule has 0 saturated carbocycles. The number of hydrogen-bond acceptors (Lipinski definition) is 5. The van der Waals surface area contributed by atoms with Gasteiger partial charge in [-0.1, -0.05) is 17.7 Å². The van der Waals surface area contributed by atoms with E-state index in [4.69, 9.17) is 0 Å². The van der Waals surface area contributed by atoms with Crippen LogP contribution in [0.3, 0.4) is 0 Å². The molecule has 4 rings (SSSR count). The Labute approximate surface area is 160 Å². The standard InChI is InChI=1S/C21H27N5O/c1-16-4-6-18(7-5-16)23-19-8-11-22-21(24-19)26-14-9-17(10-15-26)20(27)25-12-2-3-13-25/h4-8,11,17H,2-3,9-10,12-15H2,1H3,(H,22,23,24). The summed E-state index contributed by atoms with van der Waals surface area (Å²) in [6, 6.07) is 10.1. The van der Waals surface area contributed by atoms with Crippen molar-refractivity contribution in [3.8, 4) is 0 Å². The largest absolute Gasteiger partial charge is 0.342 e. The third-order valence-corrected chi connectivity index (χ3v) is 5.51. The molecule has 0 atom stereocenters. The monoisotopic (exact) mass is 365 g/mol. The highest BCUT2D eigenvalue weighted by molar-refractivity contribution is 5.79. The Bertz CT molecular complexity index is 777. The molecule has 2 fully saturated rings. The average molecular weight is 365 g/mol. The summed E-state index contributed by atoms with van der Waals surface area (Å²) < 4.78 is 0. The predicted octanol–water partition coefficient (Wildman–Crippen LogP) is 3.37. The first kappa shape index (κ1) is 17.8. The van der Waals surface area contributed by atoms with E-state index in [1.54, 1.807) is 6.20 Å². The van der Waals surface area contributed by atoms with Crippen LogP contribution in [0.2, 0.25) is 0 Å². The van der Waals surface area contributed by atoms with Crippen molar-refractivity contribution in [2.45, 2.75) is 32.6 Å². The lowest BCUT2D eigenvalue weighted by Gasteiger charge is -2.33. The lowest BCUT2D eigenvalue weighted by molar-refractivity contribution is -0.135. The van der Waals surface area contributed by atoms with Crippen molar-refractivity contribution in [2.75, 3.05) is 36.4 Å². The van der Waals surface area contributed by atoms with Crippen LogP contribution in [-0.2, 0) is 4.79 Å². The number of nitrogens with one attached hydrogen (secondary N) is 1. The second-order valence-corrected chi connectivity index (χ2v) is 7.53. The lowest BCUT2D eigenvalue weighted by atomic mass is 9.95. The minimum atomic E-state index is 0.160. The zero-order valence-corrected chi connectivity index (χ0v) is 15.9. The van der Waals surface area contributed by atoms with E-state index in [-0.39, 0.29) is 5.92 Å². The number of benzene rings is 1. The molecule has 27 heavy (non-hydrogen) atoms. The van der Waals surface area contributed by atoms with Gasteiger partial charge in [0.15, 0.2) is 0 Å². The molecule has 2 aromatic rings. The number of nitrogens with zero attached hydrogens (tertiary/aromatic N) is 4. The maximum Gasteiger partial charge on any atom is 0.227 e. The molecule has 6 nitrogen and oxygen atoms in total. The molecule has 0 bridgehead atoms. The van der Waals surface area contributed by atoms with E-state index in [9.17, 15) is 4.79 Å². The minimum Gasteiger partial charge on any atom is -0.342 e. The maximum absolute atomic E-state index is 12.6. The van der Waals surface area contributed by atoms with Crippen molar-refractivity contribution in [3.63, 3.8) is 0 Å². The van der Waals surface area contributed by atoms with Gasteiger partial charge in [-0.3, -0.25) is 4.79 Å². The van der Waals surface area contributed by atoms with E-state index in [0.717, 1.165) is 69.3 Å². The molecule has 6 heteroatoms. The summed E-state index contributed by atoms with van der Waals surface area (Å²) in [6.45, 7) is 5.62. The fourth-order valence-corrected chi connectivity index (χ4v) is 3.88. The SMILES string of the molecule is Cc1ccc(Nc2ccnc(N3CCC(C(=O)N4CCCC4)CC3)n2)cc1. The molecular weight excluding hydrogens is 338 g/mol. The Morgan fingerprint density at radius 3 is 2.44 bits per heavy atom. The zero-order valence-electron chi connectivity index (χ0n) is 15.9. The van der Waals surface area contributed by atoms with Gasteiger partial charge in [0.2, 0.25) is 11.9 Å². The third-order valence-electron chi connectivity index (χ3n) is 5.51. The number of carbonyl (C=O) groups is 1. The van der Waals surface area contributed by atoms with Gasteiger partial charge in [-0.25, -0.2) is 4.98 Å². The van der Waals surface area contributed by atoms with Gasteiger partial charge in [-0.15, -0.1) is 0 Å². The molecule has 3 heterocycles. The molecule has 0 spiro atoms. The van der Waals surface area contributed by atoms with E-state index >= 15 is 0 Å². The third kappa shape index (κ3) is 4.21. The van der Waals surface area contributed by atoms with Crippen LogP contribution < -0.4 is 10.2 Å². The summed E-state index contributed by atoms with van der Waals surface area (Å²) in [7, 11) is 0. The number of aromatic nitrogens is 2. The predicted molar refractivity (Wildman–Crippen MR) is 107 cm³/mol. The molecule has 1 aromatic carbocycles. The molecular formula is C21H27N5O. The Morgan fingerprint density at radius 2 is 1.74 bits per heavy atom. The van der Waals surface area contributed by atoms with Crippen molar-refractivity contribution >= 4 is 23.4 Å². The zero-order chi connectivity index (χ0) is 18.6. The van der Waals surface area contributed by atoms with Gasteiger partial charge in [0.25, 0.3) is 0 Å². The molecule has 0 radical (unpaired) electrons. The second-order valence-electron chi connectivity index (χ2n) is 7.53. The van der Waals surface area contributed by atoms with Crippen LogP contribution in [0.5, 0.6) is 0 Å². The average Bonchev–Trinajstić information content (AvgIpc) is 3.24. The number of likely N-dealkylation sites (tertiary alicyclic amines) is 1. The highest BCUT2D eigenvalue weighted by Crippen LogP contribution is 2.25. The summed E-state index contributed by atoms with van der Waals surface area (Å²) in [5.74, 6) is 2.04. The van der Waals surface area contributed by atoms with Crippen LogP contribution >= 0.6 is 0 Å². The second kappa shape index (κ2) is 7.94. The van der Waals surface area contributed by atoms with Crippen molar-refractivity contribution in [1.82, 2.24) is 14.9 Å². The van der Waals surface area contributed by atoms with Crippen molar-refractivity contribution in [2.24, 2.45) is 5.92 Å². The van der Waals surface area contributed by atoms with Crippen LogP contribution in [-0.4, -0.2) is 47.0 Å². The van der Waals surface area contributed by atoms with Gasteiger partial charge < -0.3 is 15.1 Å². The molecule has 1 amide bonds. The van der Waals surface area contributed by atoms with E-state index in [2.05, 4.69) is 39.2 Å². The number of anilines is 3. The fraction of sp³-hybridized carbons (Fsp3) is 0.476. The summed E-state index contributed by atoms with van der Waals surface area (Å²) in [6.07, 6.45) is 5.86. The molecule has 0 aliphatic carbocycles. The first-order valence-electron chi connectivity index (χ1n) is 9.89. The Hall–Kier alpha value is -2.63. The number of rotatable bonds is 4. The molecule has 2 aliphatic heterocycles. The molecule has 1 N–H and O–H groups in total. The number of aryl methyl sites for hydroxylation is 1. The van der Waals surface area contributed by atoms with Crippen LogP contribution in [0.4, 0.5) is 17.5 Å². The van der Waals surface area contributed by atoms with Crippen LogP contribution in [0.1, 0.15) is 31.2 Å². The summed E-state index contributed by atoms with van der Waals surface area (Å²) in [5, 5.41) is 3.34. The first-order chi connectivity index (χ1) is 13.2. The molecule has 2 saturated heterocycles. The van der Waals surface area contributed by atoms with Gasteiger partial charge in [-0.05, 0) is 50.8 Å². The Morgan fingerprint density at radius 1 is 1.04 bits per heavy atom. The highest BCUT2D eigenvalue weighted by atomic mass is 16.2. The quantitative estimate of drug-likeness (QED) is 0.900. The summed E-state index contributed by atoms with van der Waals surface area (Å²) in [4.78, 5) is 25.9. The van der Waals surface area contributed by atoms with Gasteiger partial charge in [0.05, 0.1) is 0 Å². The van der Waals surface area contributed by atoms with Crippen molar-refractivity contribution < 1.29 is 4.79 Å². The van der Waals surface area contributed by atoms with Crippen LogP contribution in [0, 0.1) is 12.8 Å².